The highest BCUT2D eigenvalue weighted by Crippen LogP contribution is 2.25. The Bertz CT molecular complexity index is 545. The summed E-state index contributed by atoms with van der Waals surface area (Å²) in [6.07, 6.45) is -0.387. The van der Waals surface area contributed by atoms with Crippen molar-refractivity contribution in [3.8, 4) is 0 Å². The van der Waals surface area contributed by atoms with Gasteiger partial charge in [-0.25, -0.2) is 9.18 Å². The molecule has 5 nitrogen and oxygen atoms in total. The van der Waals surface area contributed by atoms with Gasteiger partial charge in [-0.05, 0) is 26.0 Å². The number of nitrogens with one attached hydrogen (secondary N) is 1. The molecule has 0 spiro atoms. The second-order valence-electron chi connectivity index (χ2n) is 4.18. The largest absolute Gasteiger partial charge is 0.459 e. The highest BCUT2D eigenvalue weighted by atomic mass is 35.5. The van der Waals surface area contributed by atoms with Gasteiger partial charge in [-0.15, -0.1) is 0 Å². The number of rotatable bonds is 5. The Kier molecular flexibility index (Phi) is 5.64. The standard InChI is InChI=1S/C13H13ClFNO4/c1-7(2)20-13(19)8-5-11(10(15)6-9(8)14)16-12(18)3-4-17/h4-7H,3H2,1-2H3,(H,16,18). The average Bonchev–Trinajstić information content (AvgIpc) is 2.31. The minimum Gasteiger partial charge on any atom is -0.459 e. The molecule has 0 aliphatic carbocycles. The van der Waals surface area contributed by atoms with Gasteiger partial charge in [0.2, 0.25) is 5.91 Å². The van der Waals surface area contributed by atoms with Crippen molar-refractivity contribution >= 4 is 35.5 Å². The zero-order chi connectivity index (χ0) is 15.3. The van der Waals surface area contributed by atoms with Gasteiger partial charge in [0.05, 0.1) is 28.8 Å². The monoisotopic (exact) mass is 301 g/mol. The second kappa shape index (κ2) is 7.00. The van der Waals surface area contributed by atoms with Gasteiger partial charge < -0.3 is 14.8 Å². The normalized spacial score (nSPS) is 10.2. The van der Waals surface area contributed by atoms with Crippen LogP contribution in [0.4, 0.5) is 10.1 Å². The quantitative estimate of drug-likeness (QED) is 0.515. The first-order valence-corrected chi connectivity index (χ1v) is 6.16. The van der Waals surface area contributed by atoms with E-state index in [1.54, 1.807) is 13.8 Å². The molecule has 7 heteroatoms. The summed E-state index contributed by atoms with van der Waals surface area (Å²) >= 11 is 5.77. The van der Waals surface area contributed by atoms with Crippen molar-refractivity contribution in [1.29, 1.82) is 0 Å². The van der Waals surface area contributed by atoms with Crippen LogP contribution < -0.4 is 5.32 Å². The van der Waals surface area contributed by atoms with Crippen molar-refractivity contribution in [3.05, 3.63) is 28.5 Å². The lowest BCUT2D eigenvalue weighted by Gasteiger charge is -2.11. The van der Waals surface area contributed by atoms with Crippen LogP contribution in [0.5, 0.6) is 0 Å². The van der Waals surface area contributed by atoms with Gasteiger partial charge >= 0.3 is 5.97 Å². The van der Waals surface area contributed by atoms with Crippen molar-refractivity contribution < 1.29 is 23.5 Å². The van der Waals surface area contributed by atoms with E-state index in [0.717, 1.165) is 12.1 Å². The van der Waals surface area contributed by atoms with E-state index in [1.807, 2.05) is 0 Å². The lowest BCUT2D eigenvalue weighted by molar-refractivity contribution is -0.120. The molecule has 0 saturated carbocycles. The molecular weight excluding hydrogens is 289 g/mol. The van der Waals surface area contributed by atoms with Crippen molar-refractivity contribution in [1.82, 2.24) is 0 Å². The third kappa shape index (κ3) is 4.31. The van der Waals surface area contributed by atoms with E-state index in [0.29, 0.717) is 6.29 Å². The van der Waals surface area contributed by atoms with Gasteiger partial charge in [0.25, 0.3) is 0 Å². The number of aldehydes is 1. The molecule has 0 bridgehead atoms. The smallest absolute Gasteiger partial charge is 0.339 e. The molecular formula is C13H13ClFNO4. The van der Waals surface area contributed by atoms with Crippen LogP contribution in [-0.4, -0.2) is 24.3 Å². The van der Waals surface area contributed by atoms with Gasteiger partial charge in [-0.2, -0.15) is 0 Å². The number of carbonyl (C=O) groups is 3. The maximum absolute atomic E-state index is 13.6. The van der Waals surface area contributed by atoms with Crippen molar-refractivity contribution in [3.63, 3.8) is 0 Å². The fourth-order valence-electron chi connectivity index (χ4n) is 1.36. The van der Waals surface area contributed by atoms with Crippen LogP contribution in [0.2, 0.25) is 5.02 Å². The van der Waals surface area contributed by atoms with E-state index in [-0.39, 0.29) is 22.4 Å². The van der Waals surface area contributed by atoms with Crippen LogP contribution in [0.1, 0.15) is 30.6 Å². The van der Waals surface area contributed by atoms with Gasteiger partial charge in [0.15, 0.2) is 0 Å². The molecule has 0 atom stereocenters. The average molecular weight is 302 g/mol. The molecule has 20 heavy (non-hydrogen) atoms. The first-order chi connectivity index (χ1) is 9.35. The van der Waals surface area contributed by atoms with E-state index >= 15 is 0 Å². The minimum absolute atomic E-state index is 0.0665. The van der Waals surface area contributed by atoms with Gasteiger partial charge in [-0.3, -0.25) is 4.79 Å². The van der Waals surface area contributed by atoms with Crippen LogP contribution >= 0.6 is 11.6 Å². The summed E-state index contributed by atoms with van der Waals surface area (Å²) in [7, 11) is 0. The Morgan fingerprint density at radius 3 is 2.65 bits per heavy atom. The van der Waals surface area contributed by atoms with E-state index in [2.05, 4.69) is 5.32 Å². The summed E-state index contributed by atoms with van der Waals surface area (Å²) in [4.78, 5) is 33.2. The molecule has 0 unspecified atom stereocenters. The molecule has 1 rings (SSSR count). The summed E-state index contributed by atoms with van der Waals surface area (Å²) in [5.74, 6) is -2.23. The lowest BCUT2D eigenvalue weighted by atomic mass is 10.2. The number of carbonyl (C=O) groups excluding carboxylic acids is 3. The minimum atomic E-state index is -0.810. The van der Waals surface area contributed by atoms with Crippen molar-refractivity contribution in [2.45, 2.75) is 26.4 Å². The number of amides is 1. The van der Waals surface area contributed by atoms with Gasteiger partial charge in [0, 0.05) is 0 Å². The summed E-state index contributed by atoms with van der Waals surface area (Å²) in [5, 5.41) is 2.05. The molecule has 1 N–H and O–H groups in total. The maximum atomic E-state index is 13.6. The van der Waals surface area contributed by atoms with E-state index in [1.165, 1.54) is 0 Å². The molecule has 1 aromatic carbocycles. The molecule has 0 radical (unpaired) electrons. The summed E-state index contributed by atoms with van der Waals surface area (Å²) in [6, 6.07) is 1.97. The molecule has 108 valence electrons. The number of benzene rings is 1. The predicted octanol–water partition coefficient (Wildman–Crippen LogP) is 2.57. The maximum Gasteiger partial charge on any atom is 0.339 e. The Labute approximate surface area is 120 Å². The number of hydrogen-bond donors (Lipinski definition) is 1. The van der Waals surface area contributed by atoms with E-state index in [4.69, 9.17) is 16.3 Å². The van der Waals surface area contributed by atoms with E-state index in [9.17, 15) is 18.8 Å². The fourth-order valence-corrected chi connectivity index (χ4v) is 1.58. The summed E-state index contributed by atoms with van der Waals surface area (Å²) in [5.41, 5.74) is -0.305. The lowest BCUT2D eigenvalue weighted by Crippen LogP contribution is -2.15. The molecule has 0 saturated heterocycles. The van der Waals surface area contributed by atoms with Crippen LogP contribution in [0.25, 0.3) is 0 Å². The van der Waals surface area contributed by atoms with Crippen LogP contribution in [-0.2, 0) is 14.3 Å². The highest BCUT2D eigenvalue weighted by Gasteiger charge is 2.18. The van der Waals surface area contributed by atoms with Crippen LogP contribution in [0.15, 0.2) is 12.1 Å². The molecule has 1 amide bonds. The SMILES string of the molecule is CC(C)OC(=O)c1cc(NC(=O)CC=O)c(F)cc1Cl. The van der Waals surface area contributed by atoms with Gasteiger partial charge in [-0.1, -0.05) is 11.6 Å². The molecule has 0 aromatic heterocycles. The number of halogens is 2. The third-order valence-corrected chi connectivity index (χ3v) is 2.47. The van der Waals surface area contributed by atoms with Crippen molar-refractivity contribution in [2.24, 2.45) is 0 Å². The molecule has 0 fully saturated rings. The summed E-state index contributed by atoms with van der Waals surface area (Å²) in [6.45, 7) is 3.31. The van der Waals surface area contributed by atoms with Crippen LogP contribution in [0, 0.1) is 5.82 Å². The Balaban J connectivity index is 3.05. The molecule has 0 aliphatic heterocycles. The Hall–Kier alpha value is -1.95. The van der Waals surface area contributed by atoms with Gasteiger partial charge in [0.1, 0.15) is 12.1 Å². The molecule has 1 aromatic rings. The molecule has 0 aliphatic rings. The topological polar surface area (TPSA) is 72.5 Å². The van der Waals surface area contributed by atoms with Crippen LogP contribution in [0.3, 0.4) is 0 Å². The number of hydrogen-bond acceptors (Lipinski definition) is 4. The number of esters is 1. The zero-order valence-corrected chi connectivity index (χ0v) is 11.7. The number of ether oxygens (including phenoxy) is 1. The molecule has 0 heterocycles. The fraction of sp³-hybridized carbons (Fsp3) is 0.308. The Morgan fingerprint density at radius 2 is 2.10 bits per heavy atom. The second-order valence-corrected chi connectivity index (χ2v) is 4.59. The third-order valence-electron chi connectivity index (χ3n) is 2.16. The first-order valence-electron chi connectivity index (χ1n) is 5.78. The zero-order valence-electron chi connectivity index (χ0n) is 10.9. The highest BCUT2D eigenvalue weighted by molar-refractivity contribution is 6.33. The van der Waals surface area contributed by atoms with Crippen molar-refractivity contribution in [2.75, 3.05) is 5.32 Å². The Morgan fingerprint density at radius 1 is 1.45 bits per heavy atom. The predicted molar refractivity (Wildman–Crippen MR) is 71.3 cm³/mol. The summed E-state index contributed by atoms with van der Waals surface area (Å²) < 4.78 is 18.6. The van der Waals surface area contributed by atoms with E-state index < -0.39 is 24.1 Å². The first kappa shape index (κ1) is 16.1. The number of anilines is 1.